The highest BCUT2D eigenvalue weighted by Crippen LogP contribution is 2.41. The Balaban J connectivity index is 2.76. The molecule has 1 aromatic carbocycles. The highest BCUT2D eigenvalue weighted by Gasteiger charge is 2.40. The van der Waals surface area contributed by atoms with Gasteiger partial charge in [0.15, 0.2) is 0 Å². The first-order valence-electron chi connectivity index (χ1n) is 8.11. The summed E-state index contributed by atoms with van der Waals surface area (Å²) >= 11 is 0.485. The monoisotopic (exact) mass is 478 g/mol. The summed E-state index contributed by atoms with van der Waals surface area (Å²) in [7, 11) is -4.20. The molecule has 0 saturated heterocycles. The van der Waals surface area contributed by atoms with Crippen LogP contribution in [0.1, 0.15) is 25.1 Å². The molecule has 2 rings (SSSR count). The maximum atomic E-state index is 13.3. The van der Waals surface area contributed by atoms with Crippen molar-refractivity contribution >= 4 is 38.4 Å². The van der Waals surface area contributed by atoms with E-state index in [-0.39, 0.29) is 16.8 Å². The minimum Gasteiger partial charge on any atom is -0.258 e. The summed E-state index contributed by atoms with van der Waals surface area (Å²) in [6, 6.07) is 2.14. The van der Waals surface area contributed by atoms with E-state index in [1.54, 1.807) is 0 Å². The van der Waals surface area contributed by atoms with Crippen LogP contribution in [0.5, 0.6) is 0 Å². The first-order valence-corrected chi connectivity index (χ1v) is 11.1. The molecule has 0 unspecified atom stereocenters. The van der Waals surface area contributed by atoms with E-state index < -0.39 is 55.2 Å². The van der Waals surface area contributed by atoms with E-state index in [1.165, 1.54) is 13.8 Å². The lowest BCUT2D eigenvalue weighted by atomic mass is 9.92. The Kier molecular flexibility index (Phi) is 6.18. The summed E-state index contributed by atoms with van der Waals surface area (Å²) in [6.45, 7) is 2.87. The molecule has 0 aliphatic heterocycles. The molecule has 0 bridgehead atoms. The number of alkyl halides is 6. The molecule has 2 aromatic rings. The van der Waals surface area contributed by atoms with Crippen molar-refractivity contribution in [3.63, 3.8) is 0 Å². The van der Waals surface area contributed by atoms with Gasteiger partial charge in [0, 0.05) is 28.3 Å². The minimum atomic E-state index is -5.12. The van der Waals surface area contributed by atoms with Crippen LogP contribution >= 0.6 is 11.8 Å². The van der Waals surface area contributed by atoms with Crippen LogP contribution in [-0.4, -0.2) is 41.3 Å². The van der Waals surface area contributed by atoms with Crippen LogP contribution in [-0.2, 0) is 21.6 Å². The van der Waals surface area contributed by atoms with Crippen molar-refractivity contribution < 1.29 is 39.7 Å². The molecule has 0 saturated carbocycles. The fourth-order valence-electron chi connectivity index (χ4n) is 2.92. The molecule has 1 aromatic heterocycles. The summed E-state index contributed by atoms with van der Waals surface area (Å²) in [5.74, 6) is -1.40. The largest absolute Gasteiger partial charge is 0.423 e. The van der Waals surface area contributed by atoms with Gasteiger partial charge in [0.1, 0.15) is 5.56 Å². The second-order valence-electron chi connectivity index (χ2n) is 7.23. The average molecular weight is 478 g/mol. The molecule has 0 radical (unpaired) electrons. The molecule has 0 amide bonds. The Morgan fingerprint density at radius 1 is 1.07 bits per heavy atom. The molecule has 0 aliphatic rings. The third-order valence-corrected chi connectivity index (χ3v) is 6.64. The van der Waals surface area contributed by atoms with Gasteiger partial charge in [-0.15, -0.1) is 0 Å². The van der Waals surface area contributed by atoms with Crippen LogP contribution in [0.15, 0.2) is 18.2 Å². The number of hydrogen-bond donors (Lipinski definition) is 0. The first-order chi connectivity index (χ1) is 13.3. The Bertz CT molecular complexity index is 1090. The van der Waals surface area contributed by atoms with Crippen LogP contribution in [0, 0.1) is 10.1 Å². The molecule has 0 N–H and O–H groups in total. The predicted octanol–water partition coefficient (Wildman–Crippen LogP) is 4.95. The third kappa shape index (κ3) is 5.20. The number of aromatic nitrogens is 1. The van der Waals surface area contributed by atoms with Gasteiger partial charge in [-0.25, -0.2) is 12.4 Å². The highest BCUT2D eigenvalue weighted by atomic mass is 32.2. The molecule has 6 nitrogen and oxygen atoms in total. The lowest BCUT2D eigenvalue weighted by Crippen LogP contribution is -2.28. The van der Waals surface area contributed by atoms with Gasteiger partial charge >= 0.3 is 12.4 Å². The number of nitro groups is 1. The number of halogens is 6. The van der Waals surface area contributed by atoms with Gasteiger partial charge in [0.25, 0.3) is 5.69 Å². The van der Waals surface area contributed by atoms with Crippen molar-refractivity contribution in [2.45, 2.75) is 31.6 Å². The van der Waals surface area contributed by atoms with Crippen molar-refractivity contribution in [2.75, 3.05) is 17.8 Å². The Morgan fingerprint density at radius 2 is 1.63 bits per heavy atom. The quantitative estimate of drug-likeness (QED) is 0.333. The second kappa shape index (κ2) is 7.62. The zero-order valence-electron chi connectivity index (χ0n) is 15.8. The van der Waals surface area contributed by atoms with Gasteiger partial charge in [-0.3, -0.25) is 10.1 Å². The SMILES string of the molecule is CC(C)(CSCC(F)(F)F)c1cc2cc([N+](=O)[O-])c(C(F)(F)F)cc2n1S(C)(=O)=O. The van der Waals surface area contributed by atoms with Crippen LogP contribution in [0.4, 0.5) is 32.0 Å². The van der Waals surface area contributed by atoms with E-state index in [1.807, 2.05) is 0 Å². The number of benzene rings is 1. The molecular weight excluding hydrogens is 462 g/mol. The van der Waals surface area contributed by atoms with Crippen molar-refractivity contribution in [1.82, 2.24) is 3.97 Å². The fourth-order valence-corrected chi connectivity index (χ4v) is 5.09. The van der Waals surface area contributed by atoms with Gasteiger partial charge in [-0.05, 0) is 12.1 Å². The maximum Gasteiger partial charge on any atom is 0.423 e. The lowest BCUT2D eigenvalue weighted by Gasteiger charge is -2.26. The van der Waals surface area contributed by atoms with Gasteiger partial charge in [0.2, 0.25) is 10.0 Å². The first kappa shape index (κ1) is 24.3. The van der Waals surface area contributed by atoms with Crippen molar-refractivity contribution in [3.05, 3.63) is 39.6 Å². The number of nitro benzene ring substituents is 1. The van der Waals surface area contributed by atoms with Gasteiger partial charge in [-0.2, -0.15) is 38.1 Å². The summed E-state index contributed by atoms with van der Waals surface area (Å²) in [6.07, 6.45) is -8.85. The molecule has 0 atom stereocenters. The normalized spacial score (nSPS) is 13.8. The van der Waals surface area contributed by atoms with Crippen molar-refractivity contribution in [1.29, 1.82) is 0 Å². The molecular formula is C16H16F6N2O4S2. The summed E-state index contributed by atoms with van der Waals surface area (Å²) in [4.78, 5) is 9.87. The molecule has 1 heterocycles. The number of hydrogen-bond acceptors (Lipinski definition) is 5. The fraction of sp³-hybridized carbons (Fsp3) is 0.500. The van der Waals surface area contributed by atoms with E-state index in [0.717, 1.165) is 12.3 Å². The van der Waals surface area contributed by atoms with E-state index in [2.05, 4.69) is 0 Å². The van der Waals surface area contributed by atoms with Crippen LogP contribution in [0.2, 0.25) is 0 Å². The number of thioether (sulfide) groups is 1. The third-order valence-electron chi connectivity index (χ3n) is 4.13. The van der Waals surface area contributed by atoms with Gasteiger partial charge < -0.3 is 0 Å². The summed E-state index contributed by atoms with van der Waals surface area (Å²) < 4.78 is 103. The zero-order valence-corrected chi connectivity index (χ0v) is 17.4. The Morgan fingerprint density at radius 3 is 2.07 bits per heavy atom. The maximum absolute atomic E-state index is 13.3. The molecule has 0 spiro atoms. The number of fused-ring (bicyclic) bond motifs is 1. The highest BCUT2D eigenvalue weighted by molar-refractivity contribution is 7.99. The molecule has 30 heavy (non-hydrogen) atoms. The van der Waals surface area contributed by atoms with Gasteiger partial charge in [0.05, 0.1) is 22.4 Å². The van der Waals surface area contributed by atoms with Crippen LogP contribution < -0.4 is 0 Å². The molecule has 0 fully saturated rings. The average Bonchev–Trinajstić information content (AvgIpc) is 2.90. The van der Waals surface area contributed by atoms with Gasteiger partial charge in [-0.1, -0.05) is 13.8 Å². The molecule has 0 aliphatic carbocycles. The predicted molar refractivity (Wildman–Crippen MR) is 100 cm³/mol. The van der Waals surface area contributed by atoms with E-state index >= 15 is 0 Å². The van der Waals surface area contributed by atoms with Crippen LogP contribution in [0.3, 0.4) is 0 Å². The Hall–Kier alpha value is -1.96. The molecule has 168 valence electrons. The lowest BCUT2D eigenvalue weighted by molar-refractivity contribution is -0.387. The zero-order chi connectivity index (χ0) is 23.3. The van der Waals surface area contributed by atoms with Crippen molar-refractivity contribution in [3.8, 4) is 0 Å². The smallest absolute Gasteiger partial charge is 0.258 e. The number of nitrogens with zero attached hydrogens (tertiary/aromatic N) is 2. The minimum absolute atomic E-state index is 0.0803. The Labute approximate surface area is 171 Å². The van der Waals surface area contributed by atoms with E-state index in [9.17, 15) is 44.9 Å². The van der Waals surface area contributed by atoms with E-state index in [0.29, 0.717) is 27.9 Å². The van der Waals surface area contributed by atoms with Crippen LogP contribution in [0.25, 0.3) is 10.9 Å². The topological polar surface area (TPSA) is 82.2 Å². The summed E-state index contributed by atoms with van der Waals surface area (Å²) in [5, 5.41) is 11.0. The standard InChI is InChI=1S/C16H16F6N2O4S2/c1-14(2,7-29-8-15(17,18)19)13-5-9-4-12(24(25)26)10(16(20,21)22)6-11(9)23(13)30(3,27)28/h4-6H,7-8H2,1-3H3. The molecule has 14 heteroatoms. The van der Waals surface area contributed by atoms with Crippen molar-refractivity contribution in [2.24, 2.45) is 0 Å². The summed E-state index contributed by atoms with van der Waals surface area (Å²) in [5.41, 5.74) is -4.62. The van der Waals surface area contributed by atoms with E-state index in [4.69, 9.17) is 0 Å². The number of rotatable bonds is 6. The second-order valence-corrected chi connectivity index (χ2v) is 10.0.